The standard InChI is InChI=1S/C17H19NO3/c1-17(20-2,16(18)19)15-11-7-6-8-13(15)12-21-14-9-4-3-5-10-14/h3-11H,12H2,1-2H3,(H2,18,19). The Morgan fingerprint density at radius 2 is 1.71 bits per heavy atom. The van der Waals surface area contributed by atoms with Gasteiger partial charge in [0.05, 0.1) is 0 Å². The van der Waals surface area contributed by atoms with Gasteiger partial charge in [-0.2, -0.15) is 0 Å². The number of para-hydroxylation sites is 1. The highest BCUT2D eigenvalue weighted by Crippen LogP contribution is 2.28. The molecule has 2 aromatic carbocycles. The molecule has 0 radical (unpaired) electrons. The Morgan fingerprint density at radius 1 is 1.10 bits per heavy atom. The van der Waals surface area contributed by atoms with E-state index in [2.05, 4.69) is 0 Å². The average Bonchev–Trinajstić information content (AvgIpc) is 2.53. The van der Waals surface area contributed by atoms with E-state index in [4.69, 9.17) is 15.2 Å². The zero-order valence-electron chi connectivity index (χ0n) is 12.2. The summed E-state index contributed by atoms with van der Waals surface area (Å²) in [4.78, 5) is 11.7. The smallest absolute Gasteiger partial charge is 0.254 e. The summed E-state index contributed by atoms with van der Waals surface area (Å²) >= 11 is 0. The molecule has 2 aromatic rings. The fraction of sp³-hybridized carbons (Fsp3) is 0.235. The van der Waals surface area contributed by atoms with Crippen molar-refractivity contribution in [1.82, 2.24) is 0 Å². The number of nitrogens with two attached hydrogens (primary N) is 1. The lowest BCUT2D eigenvalue weighted by molar-refractivity contribution is -0.139. The molecule has 2 N–H and O–H groups in total. The minimum absolute atomic E-state index is 0.340. The minimum atomic E-state index is -1.17. The van der Waals surface area contributed by atoms with Crippen LogP contribution in [0.1, 0.15) is 18.1 Å². The van der Waals surface area contributed by atoms with Crippen LogP contribution >= 0.6 is 0 Å². The maximum atomic E-state index is 11.7. The van der Waals surface area contributed by atoms with Gasteiger partial charge in [-0.25, -0.2) is 0 Å². The Morgan fingerprint density at radius 3 is 2.33 bits per heavy atom. The quantitative estimate of drug-likeness (QED) is 0.887. The molecule has 0 aliphatic carbocycles. The van der Waals surface area contributed by atoms with Gasteiger partial charge in [-0.05, 0) is 30.2 Å². The molecule has 0 saturated heterocycles. The Kier molecular flexibility index (Phi) is 4.60. The molecule has 0 aromatic heterocycles. The van der Waals surface area contributed by atoms with Crippen LogP contribution in [0.2, 0.25) is 0 Å². The molecule has 0 bridgehead atoms. The fourth-order valence-electron chi connectivity index (χ4n) is 2.13. The third-order valence-corrected chi connectivity index (χ3v) is 3.55. The van der Waals surface area contributed by atoms with Gasteiger partial charge in [-0.15, -0.1) is 0 Å². The molecule has 110 valence electrons. The Labute approximate surface area is 124 Å². The number of carbonyl (C=O) groups excluding carboxylic acids is 1. The van der Waals surface area contributed by atoms with E-state index in [1.54, 1.807) is 6.92 Å². The summed E-state index contributed by atoms with van der Waals surface area (Å²) in [6.45, 7) is 2.00. The van der Waals surface area contributed by atoms with E-state index in [9.17, 15) is 4.79 Å². The van der Waals surface area contributed by atoms with Gasteiger partial charge >= 0.3 is 0 Å². The van der Waals surface area contributed by atoms with Crippen LogP contribution in [0.15, 0.2) is 54.6 Å². The summed E-state index contributed by atoms with van der Waals surface area (Å²) < 4.78 is 11.1. The van der Waals surface area contributed by atoms with Gasteiger partial charge in [0.1, 0.15) is 12.4 Å². The highest BCUT2D eigenvalue weighted by molar-refractivity contribution is 5.85. The number of rotatable bonds is 6. The summed E-state index contributed by atoms with van der Waals surface area (Å²) in [6.07, 6.45) is 0. The number of methoxy groups -OCH3 is 1. The first kappa shape index (κ1) is 15.1. The van der Waals surface area contributed by atoms with Crippen LogP contribution in [-0.2, 0) is 21.7 Å². The molecule has 0 fully saturated rings. The lowest BCUT2D eigenvalue weighted by Gasteiger charge is -2.27. The largest absolute Gasteiger partial charge is 0.489 e. The molecular formula is C17H19NO3. The van der Waals surface area contributed by atoms with Gasteiger partial charge in [-0.1, -0.05) is 42.5 Å². The van der Waals surface area contributed by atoms with E-state index >= 15 is 0 Å². The number of primary amides is 1. The molecule has 1 amide bonds. The van der Waals surface area contributed by atoms with Crippen molar-refractivity contribution in [2.45, 2.75) is 19.1 Å². The summed E-state index contributed by atoms with van der Waals surface area (Å²) in [5, 5.41) is 0. The van der Waals surface area contributed by atoms with Gasteiger partial charge in [-0.3, -0.25) is 4.79 Å². The first-order valence-corrected chi connectivity index (χ1v) is 6.69. The van der Waals surface area contributed by atoms with Crippen molar-refractivity contribution in [3.8, 4) is 5.75 Å². The fourth-order valence-corrected chi connectivity index (χ4v) is 2.13. The Hall–Kier alpha value is -2.33. The third kappa shape index (κ3) is 3.23. The molecule has 4 heteroatoms. The molecule has 0 aliphatic heterocycles. The first-order chi connectivity index (χ1) is 10.1. The van der Waals surface area contributed by atoms with Crippen LogP contribution in [0.25, 0.3) is 0 Å². The van der Waals surface area contributed by atoms with Crippen molar-refractivity contribution in [3.63, 3.8) is 0 Å². The SMILES string of the molecule is COC(C)(C(N)=O)c1ccccc1COc1ccccc1. The number of hydrogen-bond acceptors (Lipinski definition) is 3. The van der Waals surface area contributed by atoms with E-state index in [0.717, 1.165) is 16.9 Å². The van der Waals surface area contributed by atoms with Gasteiger partial charge in [0, 0.05) is 7.11 Å². The van der Waals surface area contributed by atoms with Gasteiger partial charge in [0.15, 0.2) is 5.60 Å². The summed E-state index contributed by atoms with van der Waals surface area (Å²) in [6, 6.07) is 17.0. The van der Waals surface area contributed by atoms with E-state index in [0.29, 0.717) is 6.61 Å². The second-order valence-corrected chi connectivity index (χ2v) is 4.86. The number of benzene rings is 2. The molecule has 0 heterocycles. The molecule has 0 spiro atoms. The Balaban J connectivity index is 2.27. The molecule has 1 unspecified atom stereocenters. The van der Waals surface area contributed by atoms with Gasteiger partial charge in [0.25, 0.3) is 5.91 Å². The van der Waals surface area contributed by atoms with Gasteiger partial charge < -0.3 is 15.2 Å². The topological polar surface area (TPSA) is 61.5 Å². The maximum Gasteiger partial charge on any atom is 0.254 e. The van der Waals surface area contributed by atoms with Crippen molar-refractivity contribution in [1.29, 1.82) is 0 Å². The van der Waals surface area contributed by atoms with Crippen LogP contribution in [0.3, 0.4) is 0 Å². The number of ether oxygens (including phenoxy) is 2. The molecule has 1 atom stereocenters. The average molecular weight is 285 g/mol. The van der Waals surface area contributed by atoms with Crippen LogP contribution in [0.4, 0.5) is 0 Å². The normalized spacial score (nSPS) is 13.4. The molecule has 4 nitrogen and oxygen atoms in total. The van der Waals surface area contributed by atoms with Crippen LogP contribution in [0, 0.1) is 0 Å². The highest BCUT2D eigenvalue weighted by atomic mass is 16.5. The third-order valence-electron chi connectivity index (χ3n) is 3.55. The molecular weight excluding hydrogens is 266 g/mol. The van der Waals surface area contributed by atoms with Crippen molar-refractivity contribution >= 4 is 5.91 Å². The lowest BCUT2D eigenvalue weighted by Crippen LogP contribution is -2.41. The lowest BCUT2D eigenvalue weighted by atomic mass is 9.91. The molecule has 2 rings (SSSR count). The number of carbonyl (C=O) groups is 1. The van der Waals surface area contributed by atoms with Crippen molar-refractivity contribution < 1.29 is 14.3 Å². The van der Waals surface area contributed by atoms with Gasteiger partial charge in [0.2, 0.25) is 0 Å². The molecule has 21 heavy (non-hydrogen) atoms. The first-order valence-electron chi connectivity index (χ1n) is 6.69. The summed E-state index contributed by atoms with van der Waals surface area (Å²) in [5.41, 5.74) is 5.90. The summed E-state index contributed by atoms with van der Waals surface area (Å²) in [7, 11) is 1.47. The second kappa shape index (κ2) is 6.41. The minimum Gasteiger partial charge on any atom is -0.489 e. The predicted octanol–water partition coefficient (Wildman–Crippen LogP) is 2.61. The van der Waals surface area contributed by atoms with Crippen molar-refractivity contribution in [2.75, 3.05) is 7.11 Å². The maximum absolute atomic E-state index is 11.7. The second-order valence-electron chi connectivity index (χ2n) is 4.86. The van der Waals surface area contributed by atoms with Crippen molar-refractivity contribution in [3.05, 3.63) is 65.7 Å². The van der Waals surface area contributed by atoms with E-state index in [1.165, 1.54) is 7.11 Å². The van der Waals surface area contributed by atoms with Crippen LogP contribution in [-0.4, -0.2) is 13.0 Å². The van der Waals surface area contributed by atoms with E-state index in [-0.39, 0.29) is 0 Å². The summed E-state index contributed by atoms with van der Waals surface area (Å²) in [5.74, 6) is 0.239. The van der Waals surface area contributed by atoms with E-state index < -0.39 is 11.5 Å². The van der Waals surface area contributed by atoms with Crippen LogP contribution in [0.5, 0.6) is 5.75 Å². The van der Waals surface area contributed by atoms with Crippen molar-refractivity contribution in [2.24, 2.45) is 5.73 Å². The zero-order chi connectivity index (χ0) is 15.3. The molecule has 0 aliphatic rings. The zero-order valence-corrected chi connectivity index (χ0v) is 12.2. The van der Waals surface area contributed by atoms with E-state index in [1.807, 2.05) is 54.6 Å². The van der Waals surface area contributed by atoms with Crippen LogP contribution < -0.4 is 10.5 Å². The highest BCUT2D eigenvalue weighted by Gasteiger charge is 2.35. The number of amides is 1. The monoisotopic (exact) mass is 285 g/mol. The number of hydrogen-bond donors (Lipinski definition) is 1. The predicted molar refractivity (Wildman–Crippen MR) is 80.8 cm³/mol. The molecule has 0 saturated carbocycles. The Bertz CT molecular complexity index is 612.